The summed E-state index contributed by atoms with van der Waals surface area (Å²) in [7, 11) is 0. The lowest BCUT2D eigenvalue weighted by Gasteiger charge is -2.28. The number of allylic oxidation sites excluding steroid dienone is 1. The number of hydrogen-bond acceptors (Lipinski definition) is 2. The van der Waals surface area contributed by atoms with Crippen LogP contribution in [0.1, 0.15) is 0 Å². The number of rotatable bonds is 0. The molecule has 6 heteroatoms. The van der Waals surface area contributed by atoms with Crippen molar-refractivity contribution in [1.29, 1.82) is 0 Å². The first-order chi connectivity index (χ1) is 5.37. The van der Waals surface area contributed by atoms with Gasteiger partial charge in [-0.15, -0.1) is 11.6 Å². The topological polar surface area (TPSA) is 40.5 Å². The third kappa shape index (κ3) is 1.54. The Morgan fingerprint density at radius 3 is 2.42 bits per heavy atom. The molecule has 0 radical (unpaired) electrons. The summed E-state index contributed by atoms with van der Waals surface area (Å²) in [5.74, 6) is -0.285. The molecular weight excluding hydrogens is 246 g/mol. The van der Waals surface area contributed by atoms with E-state index < -0.39 is 10.4 Å². The molecule has 1 rings (SSSR count). The summed E-state index contributed by atoms with van der Waals surface area (Å²) in [6, 6.07) is 0. The van der Waals surface area contributed by atoms with Gasteiger partial charge in [-0.05, 0) is 6.08 Å². The van der Waals surface area contributed by atoms with E-state index in [1.807, 2.05) is 0 Å². The summed E-state index contributed by atoms with van der Waals surface area (Å²) < 4.78 is 0. The van der Waals surface area contributed by atoms with Crippen molar-refractivity contribution in [2.75, 3.05) is 0 Å². The third-order valence-electron chi connectivity index (χ3n) is 1.40. The van der Waals surface area contributed by atoms with E-state index in [4.69, 9.17) is 51.5 Å². The minimum Gasteiger partial charge on any atom is -0.507 e. The summed E-state index contributed by atoms with van der Waals surface area (Å²) in [5, 5.41) is 15.1. The molecular formula is C6H4Cl4O2. The second kappa shape index (κ2) is 3.28. The Hall–Kier alpha value is 0.400. The molecule has 0 saturated heterocycles. The molecule has 0 amide bonds. The lowest BCUT2D eigenvalue weighted by atomic mass is 10.1. The third-order valence-corrected chi connectivity index (χ3v) is 3.49. The molecule has 1 aliphatic rings. The maximum atomic E-state index is 9.40. The highest BCUT2D eigenvalue weighted by Crippen LogP contribution is 2.42. The van der Waals surface area contributed by atoms with Crippen molar-refractivity contribution in [3.63, 3.8) is 0 Å². The first-order valence-electron chi connectivity index (χ1n) is 2.89. The molecule has 0 spiro atoms. The molecule has 68 valence electrons. The van der Waals surface area contributed by atoms with Gasteiger partial charge in [-0.25, -0.2) is 0 Å². The van der Waals surface area contributed by atoms with Crippen LogP contribution in [-0.2, 0) is 0 Å². The second-order valence-corrected chi connectivity index (χ2v) is 4.09. The second-order valence-electron chi connectivity index (χ2n) is 2.26. The van der Waals surface area contributed by atoms with Gasteiger partial charge in [0.15, 0.2) is 5.06 Å². The quantitative estimate of drug-likeness (QED) is 0.648. The van der Waals surface area contributed by atoms with Crippen LogP contribution in [0.25, 0.3) is 0 Å². The largest absolute Gasteiger partial charge is 0.507 e. The Balaban J connectivity index is 3.16. The average molecular weight is 250 g/mol. The minimum atomic E-state index is -1.94. The monoisotopic (exact) mass is 248 g/mol. The van der Waals surface area contributed by atoms with Gasteiger partial charge in [-0.1, -0.05) is 34.8 Å². The normalized spacial score (nSPS) is 36.8. The fourth-order valence-electron chi connectivity index (χ4n) is 0.709. The van der Waals surface area contributed by atoms with Gasteiger partial charge >= 0.3 is 0 Å². The van der Waals surface area contributed by atoms with Gasteiger partial charge in [0, 0.05) is 0 Å². The Morgan fingerprint density at radius 1 is 1.42 bits per heavy atom. The van der Waals surface area contributed by atoms with E-state index in [0.717, 1.165) is 6.08 Å². The predicted octanol–water partition coefficient (Wildman–Crippen LogP) is 2.67. The van der Waals surface area contributed by atoms with E-state index in [-0.39, 0.29) is 15.8 Å². The van der Waals surface area contributed by atoms with Gasteiger partial charge in [-0.2, -0.15) is 0 Å². The zero-order valence-corrected chi connectivity index (χ0v) is 8.58. The Kier molecular flexibility index (Phi) is 2.86. The Morgan fingerprint density at radius 2 is 1.92 bits per heavy atom. The molecule has 0 aromatic heterocycles. The van der Waals surface area contributed by atoms with E-state index in [1.165, 1.54) is 0 Å². The van der Waals surface area contributed by atoms with Crippen LogP contribution in [0.15, 0.2) is 21.9 Å². The minimum absolute atomic E-state index is 0.126. The van der Waals surface area contributed by atoms with Crippen molar-refractivity contribution in [1.82, 2.24) is 0 Å². The van der Waals surface area contributed by atoms with Crippen molar-refractivity contribution < 1.29 is 10.2 Å². The highest BCUT2D eigenvalue weighted by Gasteiger charge is 2.42. The van der Waals surface area contributed by atoms with E-state index in [0.29, 0.717) is 0 Å². The van der Waals surface area contributed by atoms with E-state index >= 15 is 0 Å². The first-order valence-corrected chi connectivity index (χ1v) is 4.46. The molecule has 1 aliphatic carbocycles. The lowest BCUT2D eigenvalue weighted by Crippen LogP contribution is -2.36. The van der Waals surface area contributed by atoms with Crippen molar-refractivity contribution in [2.45, 2.75) is 10.4 Å². The lowest BCUT2D eigenvalue weighted by molar-refractivity contribution is 0.175. The van der Waals surface area contributed by atoms with Gasteiger partial charge in [0.2, 0.25) is 0 Å². The van der Waals surface area contributed by atoms with Crippen LogP contribution in [0.5, 0.6) is 0 Å². The van der Waals surface area contributed by atoms with E-state index in [1.54, 1.807) is 0 Å². The smallest absolute Gasteiger partial charge is 0.196 e. The van der Waals surface area contributed by atoms with Crippen molar-refractivity contribution in [3.8, 4) is 0 Å². The number of alkyl halides is 2. The maximum absolute atomic E-state index is 9.40. The number of hydrogen-bond donors (Lipinski definition) is 2. The molecule has 0 saturated carbocycles. The summed E-state index contributed by atoms with van der Waals surface area (Å²) >= 11 is 22.1. The van der Waals surface area contributed by atoms with E-state index in [9.17, 15) is 5.11 Å². The zero-order valence-electron chi connectivity index (χ0n) is 5.56. The fraction of sp³-hybridized carbons (Fsp3) is 0.333. The van der Waals surface area contributed by atoms with Gasteiger partial charge in [-0.3, -0.25) is 0 Å². The van der Waals surface area contributed by atoms with Crippen molar-refractivity contribution >= 4 is 46.4 Å². The summed E-state index contributed by atoms with van der Waals surface area (Å²) in [6.07, 6.45) is 1.05. The summed E-state index contributed by atoms with van der Waals surface area (Å²) in [4.78, 5) is 0. The molecule has 2 nitrogen and oxygen atoms in total. The van der Waals surface area contributed by atoms with E-state index in [2.05, 4.69) is 0 Å². The highest BCUT2D eigenvalue weighted by molar-refractivity contribution is 6.46. The molecule has 0 aromatic rings. The molecule has 0 aliphatic heterocycles. The van der Waals surface area contributed by atoms with Gasteiger partial charge < -0.3 is 10.2 Å². The molecule has 2 unspecified atom stereocenters. The Bertz CT molecular complexity index is 269. The molecule has 12 heavy (non-hydrogen) atoms. The number of halogens is 4. The molecule has 0 heterocycles. The van der Waals surface area contributed by atoms with Crippen LogP contribution < -0.4 is 0 Å². The molecule has 0 bridgehead atoms. The standard InChI is InChI=1S/C6H4Cl4O2/c7-3-1-2(11)4(8)5(9)6(3,10)12/h1,5,11-12H. The predicted molar refractivity (Wildman–Crippen MR) is 49.9 cm³/mol. The van der Waals surface area contributed by atoms with Crippen LogP contribution in [-0.4, -0.2) is 20.7 Å². The first kappa shape index (κ1) is 10.5. The molecule has 0 aromatic carbocycles. The fourth-order valence-corrected chi connectivity index (χ4v) is 1.64. The van der Waals surface area contributed by atoms with Crippen LogP contribution in [0.2, 0.25) is 0 Å². The summed E-state index contributed by atoms with van der Waals surface area (Å²) in [6.45, 7) is 0. The molecule has 0 fully saturated rings. The number of aliphatic hydroxyl groups is 2. The highest BCUT2D eigenvalue weighted by atomic mass is 35.5. The van der Waals surface area contributed by atoms with Crippen LogP contribution in [0, 0.1) is 0 Å². The van der Waals surface area contributed by atoms with Crippen molar-refractivity contribution in [2.24, 2.45) is 0 Å². The Labute approximate surface area is 89.0 Å². The zero-order chi connectivity index (χ0) is 9.52. The van der Waals surface area contributed by atoms with Crippen LogP contribution in [0.3, 0.4) is 0 Å². The van der Waals surface area contributed by atoms with Gasteiger partial charge in [0.1, 0.15) is 11.1 Å². The molecule has 2 atom stereocenters. The van der Waals surface area contributed by atoms with Gasteiger partial charge in [0.25, 0.3) is 0 Å². The number of aliphatic hydroxyl groups excluding tert-OH is 1. The van der Waals surface area contributed by atoms with Gasteiger partial charge in [0.05, 0.1) is 10.1 Å². The SMILES string of the molecule is OC1=C(Cl)C(Cl)C(O)(Cl)C(Cl)=C1. The average Bonchev–Trinajstić information content (AvgIpc) is 1.99. The molecule has 2 N–H and O–H groups in total. The van der Waals surface area contributed by atoms with Crippen LogP contribution >= 0.6 is 46.4 Å². The summed E-state index contributed by atoms with van der Waals surface area (Å²) in [5.41, 5.74) is 0. The van der Waals surface area contributed by atoms with Crippen LogP contribution in [0.4, 0.5) is 0 Å². The maximum Gasteiger partial charge on any atom is 0.196 e. The van der Waals surface area contributed by atoms with Crippen molar-refractivity contribution in [3.05, 3.63) is 21.9 Å².